The van der Waals surface area contributed by atoms with Crippen molar-refractivity contribution in [3.63, 3.8) is 0 Å². The lowest BCUT2D eigenvalue weighted by molar-refractivity contribution is -0.136. The fourth-order valence-electron chi connectivity index (χ4n) is 4.60. The normalized spacial score (nSPS) is 11.9. The highest BCUT2D eigenvalue weighted by Gasteiger charge is 2.33. The van der Waals surface area contributed by atoms with E-state index in [-0.39, 0.29) is 16.2 Å². The van der Waals surface area contributed by atoms with Crippen LogP contribution in [-0.2, 0) is 22.4 Å². The summed E-state index contributed by atoms with van der Waals surface area (Å²) in [5.74, 6) is 0.691. The first-order valence-corrected chi connectivity index (χ1v) is 14.0. The largest absolute Gasteiger partial charge is 0.457 e. The number of sulfone groups is 1. The molecule has 1 heterocycles. The van der Waals surface area contributed by atoms with Gasteiger partial charge in [-0.3, -0.25) is 4.98 Å². The molecule has 1 aromatic heterocycles. The van der Waals surface area contributed by atoms with Gasteiger partial charge in [-0.15, -0.1) is 6.58 Å². The van der Waals surface area contributed by atoms with E-state index in [0.29, 0.717) is 34.4 Å². The maximum absolute atomic E-state index is 13.8. The summed E-state index contributed by atoms with van der Waals surface area (Å²) in [5.41, 5.74) is 2.15. The molecule has 0 saturated carbocycles. The first-order chi connectivity index (χ1) is 19.2. The number of fused-ring (bicyclic) bond motifs is 1. The molecule has 0 radical (unpaired) electrons. The van der Waals surface area contributed by atoms with E-state index in [2.05, 4.69) is 11.6 Å². The van der Waals surface area contributed by atoms with Crippen molar-refractivity contribution in [2.75, 3.05) is 5.75 Å². The first kappa shape index (κ1) is 27.1. The van der Waals surface area contributed by atoms with Crippen LogP contribution in [0, 0.1) is 0 Å². The molecule has 0 N–H and O–H groups in total. The Balaban J connectivity index is 1.58. The standard InChI is InChI=1S/C32H24F3NO3S/c1-2-18-40(37,38)27-16-14-25(15-17-27)39-26-11-6-10-23(20-26)30-24(19-22-8-4-3-5-9-22)21-36-31-28(30)12-7-13-29(31)32(33,34)35/h2-17,20-21H,1,18-19H2. The maximum atomic E-state index is 13.8. The number of para-hydroxylation sites is 1. The molecule has 5 rings (SSSR count). The minimum Gasteiger partial charge on any atom is -0.457 e. The number of alkyl halides is 3. The molecule has 8 heteroatoms. The van der Waals surface area contributed by atoms with E-state index >= 15 is 0 Å². The van der Waals surface area contributed by atoms with E-state index in [0.717, 1.165) is 17.2 Å². The first-order valence-electron chi connectivity index (χ1n) is 12.4. The third-order valence-electron chi connectivity index (χ3n) is 6.40. The lowest BCUT2D eigenvalue weighted by Gasteiger charge is -2.17. The zero-order valence-electron chi connectivity index (χ0n) is 21.2. The van der Waals surface area contributed by atoms with Gasteiger partial charge < -0.3 is 4.74 Å². The molecule has 0 spiro atoms. The van der Waals surface area contributed by atoms with E-state index in [1.165, 1.54) is 30.5 Å². The summed E-state index contributed by atoms with van der Waals surface area (Å²) in [5, 5.41) is 0.386. The average molecular weight is 560 g/mol. The minimum atomic E-state index is -4.55. The summed E-state index contributed by atoms with van der Waals surface area (Å²) in [4.78, 5) is 4.41. The van der Waals surface area contributed by atoms with Crippen molar-refractivity contribution in [1.29, 1.82) is 0 Å². The summed E-state index contributed by atoms with van der Waals surface area (Å²) in [6.07, 6.45) is -1.24. The zero-order chi connectivity index (χ0) is 28.3. The average Bonchev–Trinajstić information content (AvgIpc) is 2.93. The molecule has 0 fully saturated rings. The number of hydrogen-bond acceptors (Lipinski definition) is 4. The molecule has 5 aromatic rings. The number of nitrogens with zero attached hydrogens (tertiary/aromatic N) is 1. The highest BCUT2D eigenvalue weighted by molar-refractivity contribution is 7.91. The van der Waals surface area contributed by atoms with Crippen molar-refractivity contribution < 1.29 is 26.3 Å². The van der Waals surface area contributed by atoms with Gasteiger partial charge in [0.05, 0.1) is 21.7 Å². The van der Waals surface area contributed by atoms with Gasteiger partial charge in [0, 0.05) is 11.6 Å². The highest BCUT2D eigenvalue weighted by atomic mass is 32.2. The van der Waals surface area contributed by atoms with Gasteiger partial charge >= 0.3 is 6.18 Å². The van der Waals surface area contributed by atoms with Crippen LogP contribution in [0.1, 0.15) is 16.7 Å². The Hall–Kier alpha value is -4.43. The fraction of sp³-hybridized carbons (Fsp3) is 0.0938. The second-order valence-corrected chi connectivity index (χ2v) is 11.2. The molecule has 40 heavy (non-hydrogen) atoms. The Morgan fingerprint density at radius 3 is 2.27 bits per heavy atom. The smallest absolute Gasteiger partial charge is 0.418 e. The zero-order valence-corrected chi connectivity index (χ0v) is 22.0. The molecule has 0 bridgehead atoms. The SMILES string of the molecule is C=CCS(=O)(=O)c1ccc(Oc2cccc(-c3c(Cc4ccccc4)cnc4c(C(F)(F)F)cccc34)c2)cc1. The van der Waals surface area contributed by atoms with E-state index in [1.54, 1.807) is 36.4 Å². The van der Waals surface area contributed by atoms with E-state index in [1.807, 2.05) is 36.4 Å². The molecule has 0 aliphatic carbocycles. The second-order valence-electron chi connectivity index (χ2n) is 9.19. The molecule has 0 amide bonds. The van der Waals surface area contributed by atoms with Crippen molar-refractivity contribution in [3.05, 3.63) is 133 Å². The van der Waals surface area contributed by atoms with Crippen molar-refractivity contribution >= 4 is 20.7 Å². The third kappa shape index (κ3) is 5.77. The van der Waals surface area contributed by atoms with Crippen LogP contribution in [0.2, 0.25) is 0 Å². The Kier molecular flexibility index (Phi) is 7.45. The molecule has 4 nitrogen and oxygen atoms in total. The van der Waals surface area contributed by atoms with Crippen molar-refractivity contribution in [3.8, 4) is 22.6 Å². The molecule has 0 atom stereocenters. The Labute approximate surface area is 230 Å². The minimum absolute atomic E-state index is 0.121. The quantitative estimate of drug-likeness (QED) is 0.180. The van der Waals surface area contributed by atoms with Crippen LogP contribution in [0.15, 0.2) is 121 Å². The van der Waals surface area contributed by atoms with Crippen LogP contribution in [-0.4, -0.2) is 19.2 Å². The summed E-state index contributed by atoms with van der Waals surface area (Å²) >= 11 is 0. The molecule has 0 aliphatic heterocycles. The number of benzene rings is 4. The van der Waals surface area contributed by atoms with Crippen molar-refractivity contribution in [1.82, 2.24) is 4.98 Å². The van der Waals surface area contributed by atoms with Crippen molar-refractivity contribution in [2.24, 2.45) is 0 Å². The summed E-state index contributed by atoms with van der Waals surface area (Å²) in [6, 6.07) is 26.8. The Morgan fingerprint density at radius 1 is 0.850 bits per heavy atom. The Bertz CT molecular complexity index is 1780. The Morgan fingerprint density at radius 2 is 1.57 bits per heavy atom. The summed E-state index contributed by atoms with van der Waals surface area (Å²) in [7, 11) is -3.47. The van der Waals surface area contributed by atoms with E-state index in [4.69, 9.17) is 4.74 Å². The number of hydrogen-bond donors (Lipinski definition) is 0. The van der Waals surface area contributed by atoms with Crippen LogP contribution >= 0.6 is 0 Å². The molecular weight excluding hydrogens is 535 g/mol. The lowest BCUT2D eigenvalue weighted by atomic mass is 9.92. The number of ether oxygens (including phenoxy) is 1. The molecule has 0 saturated heterocycles. The number of pyridine rings is 1. The monoisotopic (exact) mass is 559 g/mol. The van der Waals surface area contributed by atoms with Gasteiger partial charge in [-0.1, -0.05) is 60.7 Å². The second kappa shape index (κ2) is 11.0. The van der Waals surface area contributed by atoms with Gasteiger partial charge in [0.15, 0.2) is 9.84 Å². The summed E-state index contributed by atoms with van der Waals surface area (Å²) in [6.45, 7) is 3.48. The van der Waals surface area contributed by atoms with Gasteiger partial charge in [0.1, 0.15) is 11.5 Å². The molecule has 4 aromatic carbocycles. The van der Waals surface area contributed by atoms with Gasteiger partial charge in [0.2, 0.25) is 0 Å². The van der Waals surface area contributed by atoms with Gasteiger partial charge in [0.25, 0.3) is 0 Å². The number of aromatic nitrogens is 1. The highest BCUT2D eigenvalue weighted by Crippen LogP contribution is 2.40. The summed E-state index contributed by atoms with van der Waals surface area (Å²) < 4.78 is 72.1. The van der Waals surface area contributed by atoms with Gasteiger partial charge in [-0.25, -0.2) is 8.42 Å². The van der Waals surface area contributed by atoms with Gasteiger partial charge in [-0.05, 0) is 71.1 Å². The van der Waals surface area contributed by atoms with Crippen LogP contribution in [0.3, 0.4) is 0 Å². The predicted octanol–water partition coefficient (Wildman–Crippen LogP) is 8.26. The van der Waals surface area contributed by atoms with E-state index in [9.17, 15) is 21.6 Å². The third-order valence-corrected chi connectivity index (χ3v) is 8.06. The molecular formula is C32H24F3NO3S. The maximum Gasteiger partial charge on any atom is 0.418 e. The van der Waals surface area contributed by atoms with Gasteiger partial charge in [-0.2, -0.15) is 13.2 Å². The van der Waals surface area contributed by atoms with Crippen molar-refractivity contribution in [2.45, 2.75) is 17.5 Å². The molecule has 202 valence electrons. The lowest BCUT2D eigenvalue weighted by Crippen LogP contribution is -2.07. The molecule has 0 unspecified atom stereocenters. The van der Waals surface area contributed by atoms with Crippen LogP contribution in [0.4, 0.5) is 13.2 Å². The molecule has 0 aliphatic rings. The fourth-order valence-corrected chi connectivity index (χ4v) is 5.65. The topological polar surface area (TPSA) is 56.3 Å². The van der Waals surface area contributed by atoms with E-state index < -0.39 is 21.6 Å². The van der Waals surface area contributed by atoms with Crippen LogP contribution in [0.25, 0.3) is 22.0 Å². The number of halogens is 3. The van der Waals surface area contributed by atoms with Crippen LogP contribution in [0.5, 0.6) is 11.5 Å². The number of rotatable bonds is 8. The predicted molar refractivity (Wildman–Crippen MR) is 150 cm³/mol. The van der Waals surface area contributed by atoms with Crippen LogP contribution < -0.4 is 4.74 Å².